The van der Waals surface area contributed by atoms with Gasteiger partial charge in [-0.15, -0.1) is 0 Å². The number of hydrogen-bond acceptors (Lipinski definition) is 4. The molecule has 1 N–H and O–H groups in total. The predicted molar refractivity (Wildman–Crippen MR) is 45.8 cm³/mol. The summed E-state index contributed by atoms with van der Waals surface area (Å²) in [5, 5.41) is 8.64. The molecule has 1 aliphatic rings. The lowest BCUT2D eigenvalue weighted by molar-refractivity contribution is 0.0683. The summed E-state index contributed by atoms with van der Waals surface area (Å²) >= 11 is 0. The normalized spacial score (nSPS) is 15.2. The molecule has 1 fully saturated rings. The van der Waals surface area contributed by atoms with Gasteiger partial charge in [-0.1, -0.05) is 0 Å². The van der Waals surface area contributed by atoms with Crippen LogP contribution in [0.1, 0.15) is 17.0 Å². The highest BCUT2D eigenvalue weighted by atomic mass is 16.4. The van der Waals surface area contributed by atoms with Crippen molar-refractivity contribution in [1.29, 1.82) is 0 Å². The van der Waals surface area contributed by atoms with E-state index in [1.165, 1.54) is 6.20 Å². The first kappa shape index (κ1) is 7.97. The van der Waals surface area contributed by atoms with E-state index in [-0.39, 0.29) is 5.82 Å². The number of rotatable bonds is 2. The van der Waals surface area contributed by atoms with E-state index in [0.717, 1.165) is 19.5 Å². The van der Waals surface area contributed by atoms with Crippen LogP contribution in [0.25, 0.3) is 0 Å². The Morgan fingerprint density at radius 2 is 2.31 bits per heavy atom. The molecule has 68 valence electrons. The van der Waals surface area contributed by atoms with Crippen molar-refractivity contribution in [1.82, 2.24) is 9.97 Å². The fourth-order valence-electron chi connectivity index (χ4n) is 1.17. The van der Waals surface area contributed by atoms with Gasteiger partial charge in [-0.05, 0) is 12.5 Å². The molecule has 13 heavy (non-hydrogen) atoms. The summed E-state index contributed by atoms with van der Waals surface area (Å²) in [6.07, 6.45) is 2.62. The van der Waals surface area contributed by atoms with Gasteiger partial charge in [-0.25, -0.2) is 14.8 Å². The highest BCUT2D eigenvalue weighted by molar-refractivity contribution is 5.83. The van der Waals surface area contributed by atoms with Gasteiger partial charge >= 0.3 is 5.97 Å². The van der Waals surface area contributed by atoms with Crippen LogP contribution in [0.15, 0.2) is 12.3 Å². The zero-order valence-electron chi connectivity index (χ0n) is 6.97. The Labute approximate surface area is 75.0 Å². The van der Waals surface area contributed by atoms with Crippen LogP contribution in [0.5, 0.6) is 0 Å². The lowest BCUT2D eigenvalue weighted by Gasteiger charge is -2.31. The number of carboxylic acids is 1. The van der Waals surface area contributed by atoms with E-state index in [1.54, 1.807) is 6.07 Å². The van der Waals surface area contributed by atoms with Gasteiger partial charge in [0.15, 0.2) is 0 Å². The molecule has 0 unspecified atom stereocenters. The molecule has 0 spiro atoms. The number of aromatic nitrogens is 2. The van der Waals surface area contributed by atoms with Gasteiger partial charge in [0.25, 0.3) is 0 Å². The summed E-state index contributed by atoms with van der Waals surface area (Å²) in [6, 6.07) is 1.73. The zero-order chi connectivity index (χ0) is 9.26. The highest BCUT2D eigenvalue weighted by Gasteiger charge is 2.17. The van der Waals surface area contributed by atoms with E-state index in [0.29, 0.717) is 5.82 Å². The highest BCUT2D eigenvalue weighted by Crippen LogP contribution is 2.16. The largest absolute Gasteiger partial charge is 0.475 e. The number of carboxylic acid groups (broad SMARTS) is 1. The minimum absolute atomic E-state index is 0.135. The van der Waals surface area contributed by atoms with E-state index < -0.39 is 5.97 Å². The molecule has 0 aromatic carbocycles. The van der Waals surface area contributed by atoms with Crippen molar-refractivity contribution in [2.45, 2.75) is 6.42 Å². The maximum atomic E-state index is 10.5. The first-order valence-electron chi connectivity index (χ1n) is 4.08. The second-order valence-corrected chi connectivity index (χ2v) is 2.88. The maximum absolute atomic E-state index is 10.5. The van der Waals surface area contributed by atoms with Gasteiger partial charge in [0.1, 0.15) is 5.82 Å². The quantitative estimate of drug-likeness (QED) is 0.711. The first-order chi connectivity index (χ1) is 6.27. The standard InChI is InChI=1S/C8H9N3O2/c12-8(13)7-9-3-2-6(10-7)11-4-1-5-11/h2-3H,1,4-5H2,(H,12,13). The van der Waals surface area contributed by atoms with E-state index in [1.807, 2.05) is 4.90 Å². The van der Waals surface area contributed by atoms with E-state index in [2.05, 4.69) is 9.97 Å². The molecule has 0 radical (unpaired) electrons. The minimum Gasteiger partial charge on any atom is -0.475 e. The second kappa shape index (κ2) is 3.01. The Hall–Kier alpha value is -1.65. The molecule has 0 amide bonds. The van der Waals surface area contributed by atoms with Crippen LogP contribution in [-0.2, 0) is 0 Å². The Kier molecular flexibility index (Phi) is 1.84. The smallest absolute Gasteiger partial charge is 0.374 e. The third kappa shape index (κ3) is 1.44. The van der Waals surface area contributed by atoms with E-state index in [9.17, 15) is 4.79 Å². The molecule has 1 saturated heterocycles. The lowest BCUT2D eigenvalue weighted by Crippen LogP contribution is -2.37. The summed E-state index contributed by atoms with van der Waals surface area (Å²) in [7, 11) is 0. The molecule has 5 nitrogen and oxygen atoms in total. The lowest BCUT2D eigenvalue weighted by atomic mass is 10.2. The van der Waals surface area contributed by atoms with Crippen molar-refractivity contribution in [3.05, 3.63) is 18.1 Å². The van der Waals surface area contributed by atoms with Crippen molar-refractivity contribution < 1.29 is 9.90 Å². The topological polar surface area (TPSA) is 66.3 Å². The monoisotopic (exact) mass is 179 g/mol. The van der Waals surface area contributed by atoms with Gasteiger partial charge in [0.2, 0.25) is 5.82 Å². The molecule has 0 saturated carbocycles. The van der Waals surface area contributed by atoms with Crippen LogP contribution in [0, 0.1) is 0 Å². The molecule has 1 aromatic rings. The Balaban J connectivity index is 2.26. The van der Waals surface area contributed by atoms with Gasteiger partial charge < -0.3 is 10.0 Å². The molecule has 0 bridgehead atoms. The summed E-state index contributed by atoms with van der Waals surface area (Å²) < 4.78 is 0. The Bertz CT molecular complexity index is 336. The molecule has 2 heterocycles. The molecule has 1 aliphatic heterocycles. The summed E-state index contributed by atoms with van der Waals surface area (Å²) in [5.74, 6) is -0.509. The number of anilines is 1. The molecule has 1 aromatic heterocycles. The average molecular weight is 179 g/mol. The fraction of sp³-hybridized carbons (Fsp3) is 0.375. The van der Waals surface area contributed by atoms with Crippen LogP contribution in [0.2, 0.25) is 0 Å². The van der Waals surface area contributed by atoms with E-state index >= 15 is 0 Å². The van der Waals surface area contributed by atoms with Crippen LogP contribution < -0.4 is 4.90 Å². The maximum Gasteiger partial charge on any atom is 0.374 e. The van der Waals surface area contributed by atoms with Crippen molar-refractivity contribution in [2.75, 3.05) is 18.0 Å². The van der Waals surface area contributed by atoms with Crippen molar-refractivity contribution in [3.63, 3.8) is 0 Å². The SMILES string of the molecule is O=C(O)c1nccc(N2CCC2)n1. The van der Waals surface area contributed by atoms with Gasteiger partial charge in [-0.3, -0.25) is 0 Å². The van der Waals surface area contributed by atoms with Crippen LogP contribution in [-0.4, -0.2) is 34.1 Å². The number of carbonyl (C=O) groups is 1. The van der Waals surface area contributed by atoms with Crippen LogP contribution >= 0.6 is 0 Å². The first-order valence-corrected chi connectivity index (χ1v) is 4.08. The van der Waals surface area contributed by atoms with E-state index in [4.69, 9.17) is 5.11 Å². The molecule has 0 aliphatic carbocycles. The van der Waals surface area contributed by atoms with Gasteiger partial charge in [0.05, 0.1) is 0 Å². The molecule has 0 atom stereocenters. The zero-order valence-corrected chi connectivity index (χ0v) is 6.97. The second-order valence-electron chi connectivity index (χ2n) is 2.88. The Morgan fingerprint density at radius 3 is 2.85 bits per heavy atom. The van der Waals surface area contributed by atoms with Crippen molar-refractivity contribution in [2.24, 2.45) is 0 Å². The summed E-state index contributed by atoms with van der Waals surface area (Å²) in [5.41, 5.74) is 0. The summed E-state index contributed by atoms with van der Waals surface area (Å²) in [6.45, 7) is 1.91. The minimum atomic E-state index is -1.08. The fourth-order valence-corrected chi connectivity index (χ4v) is 1.17. The van der Waals surface area contributed by atoms with Gasteiger partial charge in [-0.2, -0.15) is 0 Å². The van der Waals surface area contributed by atoms with Crippen LogP contribution in [0.3, 0.4) is 0 Å². The van der Waals surface area contributed by atoms with Crippen molar-refractivity contribution in [3.8, 4) is 0 Å². The third-order valence-electron chi connectivity index (χ3n) is 2.01. The van der Waals surface area contributed by atoms with Crippen molar-refractivity contribution >= 4 is 11.8 Å². The molecular formula is C8H9N3O2. The molecule has 2 rings (SSSR count). The number of nitrogens with zero attached hydrogens (tertiary/aromatic N) is 3. The Morgan fingerprint density at radius 1 is 1.54 bits per heavy atom. The average Bonchev–Trinajstić information content (AvgIpc) is 2.01. The number of hydrogen-bond donors (Lipinski definition) is 1. The van der Waals surface area contributed by atoms with Crippen LogP contribution in [0.4, 0.5) is 5.82 Å². The third-order valence-corrected chi connectivity index (χ3v) is 2.01. The molecular weight excluding hydrogens is 170 g/mol. The summed E-state index contributed by atoms with van der Waals surface area (Å²) in [4.78, 5) is 20.1. The predicted octanol–water partition coefficient (Wildman–Crippen LogP) is 0.385. The molecule has 5 heteroatoms. The number of aromatic carboxylic acids is 1. The van der Waals surface area contributed by atoms with Gasteiger partial charge in [0, 0.05) is 19.3 Å².